The van der Waals surface area contributed by atoms with Crippen LogP contribution < -0.4 is 0 Å². The highest BCUT2D eigenvalue weighted by Gasteiger charge is 2.10. The standard InChI is InChI=1S/C9H18O3/c1-8(10)6-5-7-11-12-9(2,3)4/h5-7H2,1-4H3. The maximum atomic E-state index is 10.5. The van der Waals surface area contributed by atoms with Gasteiger partial charge >= 0.3 is 0 Å². The minimum absolute atomic E-state index is 0.189. The predicted molar refractivity (Wildman–Crippen MR) is 46.7 cm³/mol. The van der Waals surface area contributed by atoms with Crippen LogP contribution in [-0.4, -0.2) is 18.0 Å². The molecular weight excluding hydrogens is 156 g/mol. The highest BCUT2D eigenvalue weighted by atomic mass is 17.2. The summed E-state index contributed by atoms with van der Waals surface area (Å²) in [6.45, 7) is 7.80. The van der Waals surface area contributed by atoms with Gasteiger partial charge in [0.15, 0.2) is 0 Å². The SMILES string of the molecule is CC(=O)CCCOOC(C)(C)C. The van der Waals surface area contributed by atoms with Gasteiger partial charge in [0.25, 0.3) is 0 Å². The van der Waals surface area contributed by atoms with Gasteiger partial charge < -0.3 is 4.79 Å². The van der Waals surface area contributed by atoms with Crippen LogP contribution in [0, 0.1) is 0 Å². The van der Waals surface area contributed by atoms with Crippen LogP contribution >= 0.6 is 0 Å². The summed E-state index contributed by atoms with van der Waals surface area (Å²) >= 11 is 0. The fraction of sp³-hybridized carbons (Fsp3) is 0.889. The van der Waals surface area contributed by atoms with Gasteiger partial charge in [-0.15, -0.1) is 0 Å². The molecule has 0 aromatic carbocycles. The van der Waals surface area contributed by atoms with E-state index in [0.717, 1.165) is 6.42 Å². The van der Waals surface area contributed by atoms with E-state index in [0.29, 0.717) is 13.0 Å². The van der Waals surface area contributed by atoms with E-state index in [1.165, 1.54) is 0 Å². The summed E-state index contributed by atoms with van der Waals surface area (Å²) in [6.07, 6.45) is 1.29. The number of carbonyl (C=O) groups excluding carboxylic acids is 1. The molecule has 0 aliphatic rings. The zero-order valence-electron chi connectivity index (χ0n) is 8.35. The van der Waals surface area contributed by atoms with Gasteiger partial charge in [-0.05, 0) is 34.1 Å². The van der Waals surface area contributed by atoms with Gasteiger partial charge in [0.05, 0.1) is 12.2 Å². The minimum Gasteiger partial charge on any atom is -0.300 e. The van der Waals surface area contributed by atoms with Crippen molar-refractivity contribution in [2.75, 3.05) is 6.61 Å². The Morgan fingerprint density at radius 3 is 2.33 bits per heavy atom. The molecule has 0 fully saturated rings. The predicted octanol–water partition coefficient (Wildman–Crippen LogP) is 2.10. The second kappa shape index (κ2) is 5.27. The maximum Gasteiger partial charge on any atom is 0.129 e. The van der Waals surface area contributed by atoms with Crippen LogP contribution in [0.3, 0.4) is 0 Å². The summed E-state index contributed by atoms with van der Waals surface area (Å²) in [7, 11) is 0. The molecule has 0 rings (SSSR count). The number of Topliss-reactive ketones (excluding diaryl/α,β-unsaturated/α-hetero) is 1. The van der Waals surface area contributed by atoms with Crippen molar-refractivity contribution in [1.82, 2.24) is 0 Å². The van der Waals surface area contributed by atoms with Crippen LogP contribution in [0.4, 0.5) is 0 Å². The zero-order chi connectivity index (χ0) is 9.61. The third-order valence-corrected chi connectivity index (χ3v) is 1.07. The summed E-state index contributed by atoms with van der Waals surface area (Å²) in [5.74, 6) is 0.189. The lowest BCUT2D eigenvalue weighted by Gasteiger charge is -2.17. The first-order valence-electron chi connectivity index (χ1n) is 4.22. The van der Waals surface area contributed by atoms with Gasteiger partial charge in [-0.25, -0.2) is 9.78 Å². The topological polar surface area (TPSA) is 35.5 Å². The van der Waals surface area contributed by atoms with E-state index in [1.54, 1.807) is 6.92 Å². The maximum absolute atomic E-state index is 10.5. The Morgan fingerprint density at radius 2 is 1.92 bits per heavy atom. The molecule has 0 amide bonds. The van der Waals surface area contributed by atoms with Crippen molar-refractivity contribution in [2.45, 2.75) is 46.1 Å². The molecule has 0 atom stereocenters. The lowest BCUT2D eigenvalue weighted by Crippen LogP contribution is -2.19. The Kier molecular flexibility index (Phi) is 5.09. The quantitative estimate of drug-likeness (QED) is 0.364. The molecule has 0 spiro atoms. The van der Waals surface area contributed by atoms with Crippen molar-refractivity contribution in [2.24, 2.45) is 0 Å². The molecule has 0 bridgehead atoms. The monoisotopic (exact) mass is 174 g/mol. The van der Waals surface area contributed by atoms with E-state index in [4.69, 9.17) is 9.78 Å². The number of carbonyl (C=O) groups is 1. The van der Waals surface area contributed by atoms with Gasteiger partial charge in [-0.2, -0.15) is 0 Å². The fourth-order valence-corrected chi connectivity index (χ4v) is 0.598. The van der Waals surface area contributed by atoms with Gasteiger partial charge in [0.1, 0.15) is 5.78 Å². The minimum atomic E-state index is -0.268. The third-order valence-electron chi connectivity index (χ3n) is 1.07. The molecule has 0 saturated carbocycles. The molecule has 12 heavy (non-hydrogen) atoms. The third kappa shape index (κ3) is 9.59. The average molecular weight is 174 g/mol. The van der Waals surface area contributed by atoms with Gasteiger partial charge in [0.2, 0.25) is 0 Å². The molecule has 0 radical (unpaired) electrons. The second-order valence-corrected chi connectivity index (χ2v) is 3.82. The van der Waals surface area contributed by atoms with E-state index >= 15 is 0 Å². The number of ketones is 1. The van der Waals surface area contributed by atoms with Gasteiger partial charge in [-0.3, -0.25) is 0 Å². The molecule has 0 saturated heterocycles. The van der Waals surface area contributed by atoms with Crippen LogP contribution in [0.5, 0.6) is 0 Å². The summed E-state index contributed by atoms with van der Waals surface area (Å²) in [6, 6.07) is 0. The van der Waals surface area contributed by atoms with Crippen molar-refractivity contribution in [1.29, 1.82) is 0 Å². The highest BCUT2D eigenvalue weighted by molar-refractivity contribution is 5.75. The average Bonchev–Trinajstić information content (AvgIpc) is 1.83. The molecule has 0 unspecified atom stereocenters. The number of hydrogen-bond acceptors (Lipinski definition) is 3. The first kappa shape index (κ1) is 11.6. The smallest absolute Gasteiger partial charge is 0.129 e. The van der Waals surface area contributed by atoms with E-state index < -0.39 is 0 Å². The van der Waals surface area contributed by atoms with Crippen LogP contribution in [0.25, 0.3) is 0 Å². The molecular formula is C9H18O3. The summed E-state index contributed by atoms with van der Waals surface area (Å²) in [5, 5.41) is 0. The summed E-state index contributed by atoms with van der Waals surface area (Å²) in [4.78, 5) is 20.4. The first-order valence-corrected chi connectivity index (χ1v) is 4.22. The molecule has 0 N–H and O–H groups in total. The van der Waals surface area contributed by atoms with Crippen molar-refractivity contribution < 1.29 is 14.6 Å². The highest BCUT2D eigenvalue weighted by Crippen LogP contribution is 2.07. The normalized spacial score (nSPS) is 11.7. The van der Waals surface area contributed by atoms with Crippen molar-refractivity contribution >= 4 is 5.78 Å². The molecule has 0 aromatic heterocycles. The summed E-state index contributed by atoms with van der Waals surface area (Å²) in [5.41, 5.74) is -0.268. The van der Waals surface area contributed by atoms with Crippen LogP contribution in [0.2, 0.25) is 0 Å². The van der Waals surface area contributed by atoms with E-state index in [1.807, 2.05) is 20.8 Å². The molecule has 3 heteroatoms. The fourth-order valence-electron chi connectivity index (χ4n) is 0.598. The van der Waals surface area contributed by atoms with Crippen molar-refractivity contribution in [3.05, 3.63) is 0 Å². The van der Waals surface area contributed by atoms with Crippen molar-refractivity contribution in [3.63, 3.8) is 0 Å². The van der Waals surface area contributed by atoms with Gasteiger partial charge in [0, 0.05) is 6.42 Å². The largest absolute Gasteiger partial charge is 0.300 e. The Morgan fingerprint density at radius 1 is 1.33 bits per heavy atom. The van der Waals surface area contributed by atoms with E-state index in [2.05, 4.69) is 0 Å². The van der Waals surface area contributed by atoms with Crippen LogP contribution in [-0.2, 0) is 14.6 Å². The number of rotatable bonds is 5. The van der Waals surface area contributed by atoms with Crippen LogP contribution in [0.1, 0.15) is 40.5 Å². The molecule has 0 heterocycles. The van der Waals surface area contributed by atoms with Gasteiger partial charge in [-0.1, -0.05) is 0 Å². The summed E-state index contributed by atoms with van der Waals surface area (Å²) < 4.78 is 0. The molecule has 72 valence electrons. The lowest BCUT2D eigenvalue weighted by atomic mass is 10.2. The number of hydrogen-bond donors (Lipinski definition) is 0. The Balaban J connectivity index is 3.17. The lowest BCUT2D eigenvalue weighted by molar-refractivity contribution is -0.348. The van der Waals surface area contributed by atoms with E-state index in [9.17, 15) is 4.79 Å². The molecule has 0 aliphatic heterocycles. The molecule has 3 nitrogen and oxygen atoms in total. The first-order chi connectivity index (χ1) is 5.42. The van der Waals surface area contributed by atoms with Crippen LogP contribution in [0.15, 0.2) is 0 Å². The zero-order valence-corrected chi connectivity index (χ0v) is 8.35. The Labute approximate surface area is 74.0 Å². The Hall–Kier alpha value is -0.410. The second-order valence-electron chi connectivity index (χ2n) is 3.82. The Bertz CT molecular complexity index is 135. The van der Waals surface area contributed by atoms with Crippen molar-refractivity contribution in [3.8, 4) is 0 Å². The molecule has 0 aliphatic carbocycles. The molecule has 0 aromatic rings. The van der Waals surface area contributed by atoms with E-state index in [-0.39, 0.29) is 11.4 Å².